The van der Waals surface area contributed by atoms with E-state index in [1.807, 2.05) is 13.8 Å². The summed E-state index contributed by atoms with van der Waals surface area (Å²) in [5.74, 6) is -8.93. The summed E-state index contributed by atoms with van der Waals surface area (Å²) in [6.07, 6.45) is -2.33. The molecular weight excluding hydrogens is 688 g/mol. The van der Waals surface area contributed by atoms with E-state index in [-0.39, 0.29) is 25.4 Å². The van der Waals surface area contributed by atoms with Crippen LogP contribution in [-0.2, 0) is 43.2 Å². The standard InChI is InChI=1S/C32H54N8O12/c1-15(2)13-18(33)27(46)35-14-23(43)40-12-6-7-21(40)29(48)38-25(16(3)4)30(49)39-26(17(5)41)31(50)36-19(8-10-22(34)42)28(47)37-20(32(51)52)9-11-24(44)45/h15-21,25-26,41H,6-14,33H2,1-5H3,(H2,34,42)(H,35,46)(H,36,50)(H,37,47)(H,38,48)(H,39,49)(H,44,45)(H,51,52). The van der Waals surface area contributed by atoms with Gasteiger partial charge in [-0.2, -0.15) is 0 Å². The lowest BCUT2D eigenvalue weighted by Gasteiger charge is -2.30. The number of aliphatic hydroxyl groups excluding tert-OH is 1. The predicted molar refractivity (Wildman–Crippen MR) is 182 cm³/mol. The molecule has 0 aromatic rings. The molecule has 7 unspecified atom stereocenters. The fraction of sp³-hybridized carbons (Fsp3) is 0.719. The normalized spacial score (nSPS) is 17.6. The van der Waals surface area contributed by atoms with E-state index in [0.29, 0.717) is 12.8 Å². The molecule has 294 valence electrons. The number of aliphatic carboxylic acids is 2. The topological polar surface area (TPSA) is 330 Å². The molecule has 0 aliphatic carbocycles. The van der Waals surface area contributed by atoms with E-state index in [2.05, 4.69) is 26.6 Å². The lowest BCUT2D eigenvalue weighted by molar-refractivity contribution is -0.143. The second-order valence-electron chi connectivity index (χ2n) is 13.6. The van der Waals surface area contributed by atoms with Crippen LogP contribution in [0.5, 0.6) is 0 Å². The molecule has 1 heterocycles. The van der Waals surface area contributed by atoms with Crippen LogP contribution in [0.2, 0.25) is 0 Å². The minimum Gasteiger partial charge on any atom is -0.481 e. The summed E-state index contributed by atoms with van der Waals surface area (Å²) in [4.78, 5) is 114. The van der Waals surface area contributed by atoms with Gasteiger partial charge in [0.1, 0.15) is 30.2 Å². The highest BCUT2D eigenvalue weighted by atomic mass is 16.4. The van der Waals surface area contributed by atoms with Crippen molar-refractivity contribution in [3.05, 3.63) is 0 Å². The number of likely N-dealkylation sites (tertiary alicyclic amines) is 1. The molecule has 0 saturated carbocycles. The number of aliphatic hydroxyl groups is 1. The molecule has 7 amide bonds. The van der Waals surface area contributed by atoms with Gasteiger partial charge in [0.15, 0.2) is 0 Å². The van der Waals surface area contributed by atoms with Gasteiger partial charge in [0, 0.05) is 19.4 Å². The third-order valence-electron chi connectivity index (χ3n) is 8.24. The fourth-order valence-electron chi connectivity index (χ4n) is 5.40. The van der Waals surface area contributed by atoms with Gasteiger partial charge in [0.05, 0.1) is 18.7 Å². The van der Waals surface area contributed by atoms with E-state index in [4.69, 9.17) is 16.6 Å². The number of nitrogens with two attached hydrogens (primary N) is 2. The molecule has 1 fully saturated rings. The smallest absolute Gasteiger partial charge is 0.326 e. The molecule has 0 aromatic heterocycles. The predicted octanol–water partition coefficient (Wildman–Crippen LogP) is -3.34. The minimum atomic E-state index is -1.72. The van der Waals surface area contributed by atoms with E-state index in [0.717, 1.165) is 6.92 Å². The zero-order chi connectivity index (χ0) is 39.9. The minimum absolute atomic E-state index is 0.160. The van der Waals surface area contributed by atoms with Crippen LogP contribution < -0.4 is 38.1 Å². The number of rotatable bonds is 22. The molecule has 1 saturated heterocycles. The van der Waals surface area contributed by atoms with E-state index in [1.165, 1.54) is 4.90 Å². The van der Waals surface area contributed by atoms with Gasteiger partial charge < -0.3 is 58.3 Å². The Morgan fingerprint density at radius 2 is 1.35 bits per heavy atom. The molecular formula is C32H54N8O12. The van der Waals surface area contributed by atoms with Crippen LogP contribution in [0.4, 0.5) is 0 Å². The molecule has 0 spiro atoms. The van der Waals surface area contributed by atoms with Crippen LogP contribution in [0.25, 0.3) is 0 Å². The van der Waals surface area contributed by atoms with Gasteiger partial charge in [-0.15, -0.1) is 0 Å². The summed E-state index contributed by atoms with van der Waals surface area (Å²) in [5, 5.41) is 40.5. The van der Waals surface area contributed by atoms with Crippen molar-refractivity contribution in [2.24, 2.45) is 23.3 Å². The zero-order valence-electron chi connectivity index (χ0n) is 30.2. The van der Waals surface area contributed by atoms with Crippen LogP contribution in [0.1, 0.15) is 79.6 Å². The zero-order valence-corrected chi connectivity index (χ0v) is 30.2. The van der Waals surface area contributed by atoms with Crippen molar-refractivity contribution in [2.45, 2.75) is 122 Å². The highest BCUT2D eigenvalue weighted by Crippen LogP contribution is 2.18. The fourth-order valence-corrected chi connectivity index (χ4v) is 5.40. The quantitative estimate of drug-likeness (QED) is 0.0519. The maximum Gasteiger partial charge on any atom is 0.326 e. The number of primary amides is 1. The lowest BCUT2D eigenvalue weighted by atomic mass is 10.0. The molecule has 0 radical (unpaired) electrons. The average Bonchev–Trinajstić information content (AvgIpc) is 3.54. The number of amides is 7. The van der Waals surface area contributed by atoms with Crippen LogP contribution >= 0.6 is 0 Å². The van der Waals surface area contributed by atoms with Gasteiger partial charge in [-0.1, -0.05) is 27.7 Å². The summed E-state index contributed by atoms with van der Waals surface area (Å²) in [6.45, 7) is 8.00. The SMILES string of the molecule is CC(C)CC(N)C(=O)NCC(=O)N1CCCC1C(=O)NC(C(=O)NC(C(=O)NC(CCC(N)=O)C(=O)NC(CCC(=O)O)C(=O)O)C(C)O)C(C)C. The van der Waals surface area contributed by atoms with Gasteiger partial charge in [0.2, 0.25) is 41.4 Å². The Morgan fingerprint density at radius 1 is 0.769 bits per heavy atom. The highest BCUT2D eigenvalue weighted by Gasteiger charge is 2.38. The third-order valence-corrected chi connectivity index (χ3v) is 8.24. The Kier molecular flexibility index (Phi) is 18.7. The van der Waals surface area contributed by atoms with Crippen molar-refractivity contribution in [1.29, 1.82) is 0 Å². The molecule has 12 N–H and O–H groups in total. The van der Waals surface area contributed by atoms with Crippen LogP contribution in [0.3, 0.4) is 0 Å². The monoisotopic (exact) mass is 742 g/mol. The van der Waals surface area contributed by atoms with Crippen molar-refractivity contribution in [3.63, 3.8) is 0 Å². The number of carboxylic acids is 2. The van der Waals surface area contributed by atoms with Crippen molar-refractivity contribution < 1.29 is 58.5 Å². The number of carboxylic acid groups (broad SMARTS) is 2. The number of hydrogen-bond donors (Lipinski definition) is 10. The van der Waals surface area contributed by atoms with Crippen molar-refractivity contribution in [3.8, 4) is 0 Å². The van der Waals surface area contributed by atoms with Crippen LogP contribution in [0.15, 0.2) is 0 Å². The summed E-state index contributed by atoms with van der Waals surface area (Å²) in [7, 11) is 0. The number of carbonyl (C=O) groups is 9. The second-order valence-corrected chi connectivity index (χ2v) is 13.6. The molecule has 20 heteroatoms. The average molecular weight is 743 g/mol. The number of carbonyl (C=O) groups excluding carboxylic acids is 7. The first kappa shape index (κ1) is 45.2. The molecule has 20 nitrogen and oxygen atoms in total. The first-order valence-electron chi connectivity index (χ1n) is 17.1. The first-order chi connectivity index (χ1) is 24.2. The maximum absolute atomic E-state index is 13.5. The molecule has 52 heavy (non-hydrogen) atoms. The van der Waals surface area contributed by atoms with Crippen molar-refractivity contribution >= 4 is 53.3 Å². The Hall–Kier alpha value is -4.85. The third kappa shape index (κ3) is 15.2. The summed E-state index contributed by atoms with van der Waals surface area (Å²) < 4.78 is 0. The van der Waals surface area contributed by atoms with Crippen molar-refractivity contribution in [2.75, 3.05) is 13.1 Å². The molecule has 7 atom stereocenters. The molecule has 1 aliphatic rings. The Balaban J connectivity index is 3.06. The largest absolute Gasteiger partial charge is 0.481 e. The van der Waals surface area contributed by atoms with Gasteiger partial charge in [-0.3, -0.25) is 38.4 Å². The maximum atomic E-state index is 13.5. The molecule has 0 bridgehead atoms. The lowest BCUT2D eigenvalue weighted by Crippen LogP contribution is -2.62. The summed E-state index contributed by atoms with van der Waals surface area (Å²) in [5.41, 5.74) is 11.1. The number of nitrogens with zero attached hydrogens (tertiary/aromatic N) is 1. The summed E-state index contributed by atoms with van der Waals surface area (Å²) in [6, 6.07) is -8.00. The molecule has 0 aromatic carbocycles. The van der Waals surface area contributed by atoms with E-state index >= 15 is 0 Å². The van der Waals surface area contributed by atoms with Crippen LogP contribution in [0, 0.1) is 11.8 Å². The van der Waals surface area contributed by atoms with Gasteiger partial charge in [0.25, 0.3) is 0 Å². The van der Waals surface area contributed by atoms with E-state index < -0.39 is 127 Å². The first-order valence-corrected chi connectivity index (χ1v) is 17.1. The van der Waals surface area contributed by atoms with Crippen LogP contribution in [-0.4, -0.2) is 129 Å². The molecule has 1 rings (SSSR count). The Labute approximate surface area is 301 Å². The van der Waals surface area contributed by atoms with Gasteiger partial charge in [-0.25, -0.2) is 4.79 Å². The highest BCUT2D eigenvalue weighted by molar-refractivity contribution is 5.97. The van der Waals surface area contributed by atoms with E-state index in [1.54, 1.807) is 13.8 Å². The van der Waals surface area contributed by atoms with Gasteiger partial charge >= 0.3 is 11.9 Å². The Bertz CT molecular complexity index is 1320. The van der Waals surface area contributed by atoms with Gasteiger partial charge in [-0.05, 0) is 50.9 Å². The number of nitrogens with one attached hydrogen (secondary N) is 5. The Morgan fingerprint density at radius 3 is 1.87 bits per heavy atom. The van der Waals surface area contributed by atoms with E-state index in [9.17, 15) is 53.4 Å². The number of hydrogen-bond acceptors (Lipinski definition) is 11. The molecule has 1 aliphatic heterocycles. The second kappa shape index (κ2) is 21.5. The summed E-state index contributed by atoms with van der Waals surface area (Å²) >= 11 is 0. The van der Waals surface area contributed by atoms with Crippen molar-refractivity contribution in [1.82, 2.24) is 31.5 Å².